The molecule has 1 amide bonds. The Labute approximate surface area is 192 Å². The lowest BCUT2D eigenvalue weighted by atomic mass is 10.0. The van der Waals surface area contributed by atoms with Gasteiger partial charge in [-0.3, -0.25) is 9.69 Å². The lowest BCUT2D eigenvalue weighted by Gasteiger charge is -2.48. The highest BCUT2D eigenvalue weighted by atomic mass is 32.2. The third-order valence-electron chi connectivity index (χ3n) is 5.31. The molecule has 2 aliphatic heterocycles. The number of amides is 1. The zero-order valence-corrected chi connectivity index (χ0v) is 18.5. The molecule has 2 N–H and O–H groups in total. The van der Waals surface area contributed by atoms with Crippen LogP contribution in [0.5, 0.6) is 0 Å². The number of rotatable bonds is 5. The average Bonchev–Trinajstić information content (AvgIpc) is 2.85. The van der Waals surface area contributed by atoms with E-state index in [0.717, 1.165) is 17.5 Å². The number of ether oxygens (including phenoxy) is 1. The molecule has 4 rings (SSSR count). The number of benzene rings is 2. The number of nitrogens with zero attached hydrogens (tertiary/aromatic N) is 1. The van der Waals surface area contributed by atoms with Crippen LogP contribution in [0.3, 0.4) is 0 Å². The SMILES string of the molecule is CCC#C/C=C/C1=C(C(=O)OC(c2ccccc2)c2ccccc2)N2C(=O)[C@@H](N)[C@H]2SC1. The van der Waals surface area contributed by atoms with Crippen molar-refractivity contribution in [2.75, 3.05) is 5.75 Å². The van der Waals surface area contributed by atoms with Gasteiger partial charge in [-0.1, -0.05) is 79.4 Å². The number of β-lactam (4-membered cyclic amide) rings is 1. The Kier molecular flexibility index (Phi) is 6.79. The van der Waals surface area contributed by atoms with Gasteiger partial charge in [-0.15, -0.1) is 11.8 Å². The number of esters is 1. The third kappa shape index (κ3) is 4.36. The minimum atomic E-state index is -0.604. The largest absolute Gasteiger partial charge is 0.448 e. The molecule has 32 heavy (non-hydrogen) atoms. The molecule has 0 unspecified atom stereocenters. The van der Waals surface area contributed by atoms with Gasteiger partial charge < -0.3 is 10.5 Å². The summed E-state index contributed by atoms with van der Waals surface area (Å²) in [5.41, 5.74) is 8.65. The van der Waals surface area contributed by atoms with E-state index in [-0.39, 0.29) is 17.0 Å². The third-order valence-corrected chi connectivity index (χ3v) is 6.63. The van der Waals surface area contributed by atoms with Crippen molar-refractivity contribution in [3.05, 3.63) is 95.2 Å². The first-order valence-electron chi connectivity index (χ1n) is 10.5. The number of thioether (sulfide) groups is 1. The van der Waals surface area contributed by atoms with Crippen molar-refractivity contribution in [2.24, 2.45) is 5.73 Å². The fourth-order valence-electron chi connectivity index (χ4n) is 3.71. The van der Waals surface area contributed by atoms with Crippen molar-refractivity contribution in [3.63, 3.8) is 0 Å². The van der Waals surface area contributed by atoms with Gasteiger partial charge in [-0.05, 0) is 28.9 Å². The van der Waals surface area contributed by atoms with Crippen molar-refractivity contribution in [3.8, 4) is 11.8 Å². The van der Waals surface area contributed by atoms with Crippen LogP contribution in [0.2, 0.25) is 0 Å². The van der Waals surface area contributed by atoms with Gasteiger partial charge >= 0.3 is 5.97 Å². The minimum absolute atomic E-state index is 0.254. The summed E-state index contributed by atoms with van der Waals surface area (Å²) >= 11 is 1.54. The summed E-state index contributed by atoms with van der Waals surface area (Å²) in [5, 5.41) is -0.254. The summed E-state index contributed by atoms with van der Waals surface area (Å²) in [6.07, 6.45) is 3.65. The second kappa shape index (κ2) is 9.90. The van der Waals surface area contributed by atoms with E-state index in [4.69, 9.17) is 10.5 Å². The fourth-order valence-corrected chi connectivity index (χ4v) is 4.97. The number of allylic oxidation sites excluding steroid dienone is 2. The lowest BCUT2D eigenvalue weighted by Crippen LogP contribution is -2.68. The van der Waals surface area contributed by atoms with E-state index in [1.165, 1.54) is 4.90 Å². The van der Waals surface area contributed by atoms with E-state index in [1.807, 2.05) is 67.6 Å². The predicted molar refractivity (Wildman–Crippen MR) is 126 cm³/mol. The second-order valence-corrected chi connectivity index (χ2v) is 8.53. The van der Waals surface area contributed by atoms with Crippen LogP contribution in [0.25, 0.3) is 0 Å². The standard InChI is InChI=1S/C26H24N2O3S/c1-2-3-4-7-16-20-17-32-25-21(27)24(29)28(25)22(20)26(30)31-23(18-12-8-5-9-13-18)19-14-10-6-11-15-19/h5-16,21,23,25H,2,17,27H2,1H3/b16-7+/t21-,25-/m1/s1. The molecule has 2 heterocycles. The summed E-state index contributed by atoms with van der Waals surface area (Å²) in [5.74, 6) is 5.66. The van der Waals surface area contributed by atoms with E-state index in [0.29, 0.717) is 11.3 Å². The van der Waals surface area contributed by atoms with Crippen LogP contribution < -0.4 is 5.73 Å². The molecule has 2 aromatic carbocycles. The molecule has 0 bridgehead atoms. The van der Waals surface area contributed by atoms with Crippen molar-refractivity contribution in [2.45, 2.75) is 30.9 Å². The molecule has 6 heteroatoms. The van der Waals surface area contributed by atoms with Gasteiger partial charge in [0.25, 0.3) is 0 Å². The van der Waals surface area contributed by atoms with Crippen LogP contribution in [-0.2, 0) is 14.3 Å². The lowest BCUT2D eigenvalue weighted by molar-refractivity contribution is -0.153. The highest BCUT2D eigenvalue weighted by Crippen LogP contribution is 2.41. The number of carbonyl (C=O) groups is 2. The summed E-state index contributed by atoms with van der Waals surface area (Å²) in [6.45, 7) is 1.97. The molecular weight excluding hydrogens is 420 g/mol. The molecule has 1 fully saturated rings. The van der Waals surface area contributed by atoms with Crippen LogP contribution in [0.15, 0.2) is 84.1 Å². The predicted octanol–water partition coefficient (Wildman–Crippen LogP) is 3.79. The highest BCUT2D eigenvalue weighted by Gasteiger charge is 2.52. The van der Waals surface area contributed by atoms with Gasteiger partial charge in [-0.25, -0.2) is 4.79 Å². The molecule has 5 nitrogen and oxygen atoms in total. The summed E-state index contributed by atoms with van der Waals surface area (Å²) in [6, 6.07) is 18.5. The molecule has 0 aromatic heterocycles. The maximum Gasteiger partial charge on any atom is 0.356 e. The Morgan fingerprint density at radius 3 is 2.41 bits per heavy atom. The van der Waals surface area contributed by atoms with E-state index >= 15 is 0 Å². The summed E-state index contributed by atoms with van der Waals surface area (Å²) < 4.78 is 6.05. The molecule has 2 atom stereocenters. The number of nitrogens with two attached hydrogens (primary N) is 1. The highest BCUT2D eigenvalue weighted by molar-refractivity contribution is 8.00. The van der Waals surface area contributed by atoms with Gasteiger partial charge in [0.15, 0.2) is 6.10 Å². The minimum Gasteiger partial charge on any atom is -0.448 e. The molecule has 0 aliphatic carbocycles. The molecule has 162 valence electrons. The topological polar surface area (TPSA) is 72.6 Å². The fraction of sp³-hybridized carbons (Fsp3) is 0.231. The monoisotopic (exact) mass is 444 g/mol. The molecule has 1 saturated heterocycles. The van der Waals surface area contributed by atoms with E-state index < -0.39 is 18.1 Å². The molecule has 0 spiro atoms. The normalized spacial score (nSPS) is 20.0. The smallest absolute Gasteiger partial charge is 0.356 e. The van der Waals surface area contributed by atoms with E-state index in [2.05, 4.69) is 11.8 Å². The number of carbonyl (C=O) groups excluding carboxylic acids is 2. The van der Waals surface area contributed by atoms with Crippen molar-refractivity contribution in [1.82, 2.24) is 4.90 Å². The first kappa shape index (κ1) is 21.9. The Balaban J connectivity index is 1.70. The first-order chi connectivity index (χ1) is 15.6. The van der Waals surface area contributed by atoms with Crippen molar-refractivity contribution in [1.29, 1.82) is 0 Å². The molecule has 2 aromatic rings. The van der Waals surface area contributed by atoms with Crippen LogP contribution in [0.4, 0.5) is 0 Å². The van der Waals surface area contributed by atoms with Crippen molar-refractivity contribution >= 4 is 23.6 Å². The quantitative estimate of drug-likeness (QED) is 0.432. The van der Waals surface area contributed by atoms with E-state index in [9.17, 15) is 9.59 Å². The summed E-state index contributed by atoms with van der Waals surface area (Å²) in [4.78, 5) is 27.5. The van der Waals surface area contributed by atoms with Gasteiger partial charge in [0.05, 0.1) is 0 Å². The Morgan fingerprint density at radius 1 is 1.19 bits per heavy atom. The summed E-state index contributed by atoms with van der Waals surface area (Å²) in [7, 11) is 0. The van der Waals surface area contributed by atoms with Crippen LogP contribution in [0, 0.1) is 11.8 Å². The maximum absolute atomic E-state index is 13.5. The molecule has 0 radical (unpaired) electrons. The zero-order chi connectivity index (χ0) is 22.5. The number of fused-ring (bicyclic) bond motifs is 1. The Bertz CT molecular complexity index is 1080. The average molecular weight is 445 g/mol. The van der Waals surface area contributed by atoms with Gasteiger partial charge in [0.1, 0.15) is 17.1 Å². The number of hydrogen-bond acceptors (Lipinski definition) is 5. The Morgan fingerprint density at radius 2 is 1.81 bits per heavy atom. The zero-order valence-electron chi connectivity index (χ0n) is 17.7. The molecule has 0 saturated carbocycles. The first-order valence-corrected chi connectivity index (χ1v) is 11.6. The second-order valence-electron chi connectivity index (χ2n) is 7.42. The van der Waals surface area contributed by atoms with Gasteiger partial charge in [0.2, 0.25) is 5.91 Å². The van der Waals surface area contributed by atoms with Gasteiger partial charge in [0, 0.05) is 12.2 Å². The van der Waals surface area contributed by atoms with Gasteiger partial charge in [-0.2, -0.15) is 0 Å². The molecule has 2 aliphatic rings. The Hall–Kier alpha value is -3.27. The van der Waals surface area contributed by atoms with Crippen LogP contribution >= 0.6 is 11.8 Å². The van der Waals surface area contributed by atoms with Crippen molar-refractivity contribution < 1.29 is 14.3 Å². The van der Waals surface area contributed by atoms with Crippen LogP contribution in [-0.4, -0.2) is 33.9 Å². The maximum atomic E-state index is 13.5. The van der Waals surface area contributed by atoms with E-state index in [1.54, 1.807) is 23.9 Å². The van der Waals surface area contributed by atoms with Crippen LogP contribution in [0.1, 0.15) is 30.6 Å². The number of hydrogen-bond donors (Lipinski definition) is 1. The molecular formula is C26H24N2O3S.